The number of sulfonamides is 1. The van der Waals surface area contributed by atoms with E-state index in [1.165, 1.54) is 0 Å². The zero-order valence-electron chi connectivity index (χ0n) is 9.35. The molecule has 1 aromatic rings. The Kier molecular flexibility index (Phi) is 4.95. The second kappa shape index (κ2) is 5.80. The summed E-state index contributed by atoms with van der Waals surface area (Å²) in [5.41, 5.74) is 1.06. The van der Waals surface area contributed by atoms with E-state index < -0.39 is 15.3 Å². The van der Waals surface area contributed by atoms with Crippen molar-refractivity contribution in [3.8, 4) is 0 Å². The molecular weight excluding hydrogens is 290 g/mol. The van der Waals surface area contributed by atoms with Crippen LogP contribution in [0.3, 0.4) is 0 Å². The fourth-order valence-corrected chi connectivity index (χ4v) is 2.55. The van der Waals surface area contributed by atoms with Gasteiger partial charge < -0.3 is 0 Å². The van der Waals surface area contributed by atoms with Crippen molar-refractivity contribution in [2.75, 3.05) is 6.54 Å². The molecule has 0 radical (unpaired) electrons. The Morgan fingerprint density at radius 1 is 1.25 bits per heavy atom. The standard InChI is InChI=1S/C11H16BrNO2S/c1-9(2)16(14,15)13-8-11(12)10-6-4-3-5-7-10/h3-7,9,11,13H,8H2,1-2H3. The SMILES string of the molecule is CC(C)S(=O)(=O)NCC(Br)c1ccccc1. The summed E-state index contributed by atoms with van der Waals surface area (Å²) in [7, 11) is -3.18. The highest BCUT2D eigenvalue weighted by atomic mass is 79.9. The van der Waals surface area contributed by atoms with E-state index in [0.717, 1.165) is 5.56 Å². The second-order valence-electron chi connectivity index (χ2n) is 3.82. The van der Waals surface area contributed by atoms with E-state index in [1.54, 1.807) is 13.8 Å². The van der Waals surface area contributed by atoms with Gasteiger partial charge in [-0.2, -0.15) is 0 Å². The maximum Gasteiger partial charge on any atom is 0.213 e. The lowest BCUT2D eigenvalue weighted by Gasteiger charge is -2.13. The molecule has 0 saturated carbocycles. The van der Waals surface area contributed by atoms with Gasteiger partial charge in [-0.1, -0.05) is 46.3 Å². The lowest BCUT2D eigenvalue weighted by molar-refractivity contribution is 0.572. The van der Waals surface area contributed by atoms with Crippen molar-refractivity contribution >= 4 is 26.0 Å². The molecule has 1 rings (SSSR count). The first-order valence-electron chi connectivity index (χ1n) is 5.11. The summed E-state index contributed by atoms with van der Waals surface area (Å²) in [6, 6.07) is 9.72. The van der Waals surface area contributed by atoms with Crippen LogP contribution in [0.5, 0.6) is 0 Å². The molecule has 0 aromatic heterocycles. The van der Waals surface area contributed by atoms with Gasteiger partial charge in [0, 0.05) is 6.54 Å². The molecule has 90 valence electrons. The number of halogens is 1. The summed E-state index contributed by atoms with van der Waals surface area (Å²) in [6.45, 7) is 3.69. The molecule has 3 nitrogen and oxygen atoms in total. The molecule has 0 amide bonds. The molecule has 16 heavy (non-hydrogen) atoms. The summed E-state index contributed by atoms with van der Waals surface area (Å²) in [5, 5.41) is -0.400. The molecule has 0 aliphatic carbocycles. The molecular formula is C11H16BrNO2S. The lowest BCUT2D eigenvalue weighted by atomic mass is 10.2. The molecule has 0 fully saturated rings. The molecule has 0 heterocycles. The molecule has 0 aliphatic heterocycles. The highest BCUT2D eigenvalue weighted by Gasteiger charge is 2.17. The Bertz CT molecular complexity index is 417. The van der Waals surface area contributed by atoms with Gasteiger partial charge in [-0.15, -0.1) is 0 Å². The van der Waals surface area contributed by atoms with Gasteiger partial charge in [-0.3, -0.25) is 0 Å². The maximum absolute atomic E-state index is 11.5. The van der Waals surface area contributed by atoms with Crippen LogP contribution in [-0.4, -0.2) is 20.2 Å². The predicted octanol–water partition coefficient (Wildman–Crippen LogP) is 2.45. The molecule has 1 N–H and O–H groups in total. The third-order valence-electron chi connectivity index (χ3n) is 2.25. The zero-order chi connectivity index (χ0) is 12.2. The van der Waals surface area contributed by atoms with Gasteiger partial charge in [-0.05, 0) is 19.4 Å². The molecule has 1 aromatic carbocycles. The zero-order valence-corrected chi connectivity index (χ0v) is 11.8. The number of benzene rings is 1. The van der Waals surface area contributed by atoms with Gasteiger partial charge in [0.25, 0.3) is 0 Å². The fourth-order valence-electron chi connectivity index (χ4n) is 1.14. The third kappa shape index (κ3) is 3.88. The minimum atomic E-state index is -3.18. The van der Waals surface area contributed by atoms with Crippen LogP contribution in [0.25, 0.3) is 0 Å². The quantitative estimate of drug-likeness (QED) is 0.849. The largest absolute Gasteiger partial charge is 0.214 e. The first-order chi connectivity index (χ1) is 7.43. The predicted molar refractivity (Wildman–Crippen MR) is 70.2 cm³/mol. The fraction of sp³-hybridized carbons (Fsp3) is 0.455. The van der Waals surface area contributed by atoms with Crippen molar-refractivity contribution in [3.63, 3.8) is 0 Å². The van der Waals surface area contributed by atoms with Crippen LogP contribution in [0, 0.1) is 0 Å². The van der Waals surface area contributed by atoms with Crippen molar-refractivity contribution < 1.29 is 8.42 Å². The summed E-state index contributed by atoms with van der Waals surface area (Å²) in [5.74, 6) is 0. The van der Waals surface area contributed by atoms with Crippen molar-refractivity contribution in [1.82, 2.24) is 4.72 Å². The van der Waals surface area contributed by atoms with E-state index in [0.29, 0.717) is 6.54 Å². The number of hydrogen-bond acceptors (Lipinski definition) is 2. The van der Waals surface area contributed by atoms with Gasteiger partial charge in [-0.25, -0.2) is 13.1 Å². The molecule has 0 bridgehead atoms. The average molecular weight is 306 g/mol. The van der Waals surface area contributed by atoms with Crippen LogP contribution in [0.15, 0.2) is 30.3 Å². The summed E-state index contributed by atoms with van der Waals surface area (Å²) >= 11 is 3.46. The maximum atomic E-state index is 11.5. The Labute approximate surface area is 105 Å². The van der Waals surface area contributed by atoms with Crippen molar-refractivity contribution in [2.45, 2.75) is 23.9 Å². The third-order valence-corrected chi connectivity index (χ3v) is 4.91. The van der Waals surface area contributed by atoms with E-state index in [4.69, 9.17) is 0 Å². The second-order valence-corrected chi connectivity index (χ2v) is 7.25. The number of nitrogens with one attached hydrogen (secondary N) is 1. The van der Waals surface area contributed by atoms with Crippen LogP contribution in [-0.2, 0) is 10.0 Å². The van der Waals surface area contributed by atoms with Gasteiger partial charge in [0.2, 0.25) is 10.0 Å². The molecule has 0 spiro atoms. The Morgan fingerprint density at radius 2 is 1.81 bits per heavy atom. The summed E-state index contributed by atoms with van der Waals surface area (Å²) in [4.78, 5) is 0.00206. The van der Waals surface area contributed by atoms with Gasteiger partial charge in [0.15, 0.2) is 0 Å². The summed E-state index contributed by atoms with van der Waals surface area (Å²) < 4.78 is 25.7. The monoisotopic (exact) mass is 305 g/mol. The smallest absolute Gasteiger partial charge is 0.213 e. The van der Waals surface area contributed by atoms with Crippen LogP contribution >= 0.6 is 15.9 Å². The molecule has 5 heteroatoms. The van der Waals surface area contributed by atoms with Crippen molar-refractivity contribution in [3.05, 3.63) is 35.9 Å². The van der Waals surface area contributed by atoms with E-state index >= 15 is 0 Å². The van der Waals surface area contributed by atoms with Crippen LogP contribution in [0.1, 0.15) is 24.2 Å². The molecule has 1 atom stereocenters. The normalized spacial score (nSPS) is 14.0. The Balaban J connectivity index is 2.58. The van der Waals surface area contributed by atoms with E-state index in [9.17, 15) is 8.42 Å². The number of rotatable bonds is 5. The lowest BCUT2D eigenvalue weighted by Crippen LogP contribution is -2.32. The Morgan fingerprint density at radius 3 is 2.31 bits per heavy atom. The van der Waals surface area contributed by atoms with Crippen molar-refractivity contribution in [1.29, 1.82) is 0 Å². The minimum Gasteiger partial charge on any atom is -0.214 e. The number of hydrogen-bond donors (Lipinski definition) is 1. The highest BCUT2D eigenvalue weighted by Crippen LogP contribution is 2.21. The Hall–Kier alpha value is -0.390. The van der Waals surface area contributed by atoms with Crippen LogP contribution in [0.4, 0.5) is 0 Å². The van der Waals surface area contributed by atoms with Gasteiger partial charge >= 0.3 is 0 Å². The highest BCUT2D eigenvalue weighted by molar-refractivity contribution is 9.09. The topological polar surface area (TPSA) is 46.2 Å². The van der Waals surface area contributed by atoms with Crippen LogP contribution in [0.2, 0.25) is 0 Å². The summed E-state index contributed by atoms with van der Waals surface area (Å²) in [6.07, 6.45) is 0. The van der Waals surface area contributed by atoms with Gasteiger partial charge in [0.1, 0.15) is 0 Å². The molecule has 0 saturated heterocycles. The molecule has 1 unspecified atom stereocenters. The van der Waals surface area contributed by atoms with E-state index in [2.05, 4.69) is 20.7 Å². The van der Waals surface area contributed by atoms with E-state index in [1.807, 2.05) is 30.3 Å². The van der Waals surface area contributed by atoms with Crippen LogP contribution < -0.4 is 4.72 Å². The average Bonchev–Trinajstić information content (AvgIpc) is 2.27. The van der Waals surface area contributed by atoms with E-state index in [-0.39, 0.29) is 4.83 Å². The van der Waals surface area contributed by atoms with Crippen molar-refractivity contribution in [2.24, 2.45) is 0 Å². The first kappa shape index (κ1) is 13.7. The van der Waals surface area contributed by atoms with Gasteiger partial charge in [0.05, 0.1) is 10.1 Å². The molecule has 0 aliphatic rings. The number of alkyl halides is 1. The minimum absolute atomic E-state index is 0.00206. The first-order valence-corrected chi connectivity index (χ1v) is 7.57.